The van der Waals surface area contributed by atoms with Crippen molar-refractivity contribution in [1.29, 1.82) is 0 Å². The van der Waals surface area contributed by atoms with Crippen molar-refractivity contribution in [2.75, 3.05) is 7.05 Å². The molecule has 5 nitrogen and oxygen atoms in total. The highest BCUT2D eigenvalue weighted by Crippen LogP contribution is 2.34. The molecule has 3 aromatic rings. The Kier molecular flexibility index (Phi) is 5.18. The predicted octanol–water partition coefficient (Wildman–Crippen LogP) is 3.72. The van der Waals surface area contributed by atoms with Crippen LogP contribution in [0.2, 0.25) is 10.0 Å². The van der Waals surface area contributed by atoms with Gasteiger partial charge in [0, 0.05) is 13.6 Å². The van der Waals surface area contributed by atoms with Crippen LogP contribution in [0.5, 0.6) is 5.75 Å². The Morgan fingerprint density at radius 1 is 1.19 bits per heavy atom. The van der Waals surface area contributed by atoms with Crippen molar-refractivity contribution in [3.05, 3.63) is 67.9 Å². The van der Waals surface area contributed by atoms with Crippen molar-refractivity contribution in [3.8, 4) is 5.75 Å². The number of nitrogens with zero attached hydrogens (tertiary/aromatic N) is 3. The van der Waals surface area contributed by atoms with E-state index < -0.39 is 0 Å². The summed E-state index contributed by atoms with van der Waals surface area (Å²) in [4.78, 5) is 19.0. The van der Waals surface area contributed by atoms with E-state index in [2.05, 4.69) is 4.98 Å². The van der Waals surface area contributed by atoms with Crippen LogP contribution in [-0.2, 0) is 20.1 Å². The van der Waals surface area contributed by atoms with Crippen LogP contribution in [0.4, 0.5) is 4.39 Å². The number of phenols is 1. The maximum absolute atomic E-state index is 13.0. The van der Waals surface area contributed by atoms with E-state index in [1.807, 2.05) is 11.9 Å². The van der Waals surface area contributed by atoms with Crippen molar-refractivity contribution in [1.82, 2.24) is 14.5 Å². The average Bonchev–Trinajstić information content (AvgIpc) is 2.58. The van der Waals surface area contributed by atoms with Gasteiger partial charge in [-0.1, -0.05) is 35.3 Å². The third-order valence-corrected chi connectivity index (χ3v) is 4.69. The zero-order chi connectivity index (χ0) is 19.0. The van der Waals surface area contributed by atoms with Crippen LogP contribution >= 0.6 is 23.2 Å². The number of hydrogen-bond acceptors (Lipinski definition) is 4. The molecule has 0 aliphatic heterocycles. The molecule has 1 heterocycles. The second kappa shape index (κ2) is 7.23. The van der Waals surface area contributed by atoms with Crippen LogP contribution in [0.15, 0.2) is 35.1 Å². The van der Waals surface area contributed by atoms with Crippen LogP contribution in [0.3, 0.4) is 0 Å². The molecular weight excluding hydrogens is 380 g/mol. The number of rotatable bonds is 4. The minimum atomic E-state index is -0.364. The second-order valence-corrected chi connectivity index (χ2v) is 6.92. The standard InChI is InChI=1S/C18H16Cl2FN3O2/c1-23(8-10-3-5-11(21)6-4-10)9-14-22-16-15(18(26)24(14)2)12(19)7-13(20)17(16)25/h3-7,25H,8-9H2,1-2H3. The highest BCUT2D eigenvalue weighted by molar-refractivity contribution is 6.39. The van der Waals surface area contributed by atoms with Crippen molar-refractivity contribution >= 4 is 34.1 Å². The highest BCUT2D eigenvalue weighted by Gasteiger charge is 2.18. The first-order valence-electron chi connectivity index (χ1n) is 7.77. The number of phenolic OH excluding ortho intramolecular Hbond substituents is 1. The molecule has 1 N–H and O–H groups in total. The van der Waals surface area contributed by atoms with Gasteiger partial charge in [0.05, 0.1) is 22.0 Å². The van der Waals surface area contributed by atoms with Gasteiger partial charge >= 0.3 is 0 Å². The van der Waals surface area contributed by atoms with Crippen LogP contribution in [0.25, 0.3) is 10.9 Å². The Labute approximate surface area is 159 Å². The van der Waals surface area contributed by atoms with Gasteiger partial charge in [-0.2, -0.15) is 0 Å². The SMILES string of the molecule is CN(Cc1ccc(F)cc1)Cc1nc2c(O)c(Cl)cc(Cl)c2c(=O)n1C. The molecule has 0 atom stereocenters. The average molecular weight is 396 g/mol. The molecule has 0 saturated carbocycles. The number of fused-ring (bicyclic) bond motifs is 1. The van der Waals surface area contributed by atoms with Gasteiger partial charge in [0.2, 0.25) is 0 Å². The molecule has 8 heteroatoms. The minimum absolute atomic E-state index is 0.0360. The molecule has 0 aliphatic carbocycles. The van der Waals surface area contributed by atoms with Crippen molar-refractivity contribution < 1.29 is 9.50 Å². The summed E-state index contributed by atoms with van der Waals surface area (Å²) in [6.45, 7) is 0.874. The van der Waals surface area contributed by atoms with Crippen LogP contribution in [0.1, 0.15) is 11.4 Å². The van der Waals surface area contributed by atoms with Crippen LogP contribution < -0.4 is 5.56 Å². The number of halogens is 3. The Morgan fingerprint density at radius 3 is 2.50 bits per heavy atom. The molecule has 26 heavy (non-hydrogen) atoms. The molecule has 0 bridgehead atoms. The first kappa shape index (κ1) is 18.6. The fraction of sp³-hybridized carbons (Fsp3) is 0.222. The smallest absolute Gasteiger partial charge is 0.262 e. The number of aromatic hydroxyl groups is 1. The topological polar surface area (TPSA) is 58.4 Å². The zero-order valence-corrected chi connectivity index (χ0v) is 15.6. The van der Waals surface area contributed by atoms with Gasteiger partial charge in [0.15, 0.2) is 5.75 Å². The maximum atomic E-state index is 13.0. The van der Waals surface area contributed by atoms with Crippen molar-refractivity contribution in [2.24, 2.45) is 7.05 Å². The molecule has 0 aliphatic rings. The van der Waals surface area contributed by atoms with E-state index >= 15 is 0 Å². The number of benzene rings is 2. The van der Waals surface area contributed by atoms with Crippen LogP contribution in [-0.4, -0.2) is 26.6 Å². The van der Waals surface area contributed by atoms with Crippen LogP contribution in [0, 0.1) is 5.82 Å². The lowest BCUT2D eigenvalue weighted by atomic mass is 10.2. The lowest BCUT2D eigenvalue weighted by Crippen LogP contribution is -2.27. The molecule has 0 radical (unpaired) electrons. The molecule has 0 fully saturated rings. The van der Waals surface area contributed by atoms with E-state index in [1.165, 1.54) is 22.8 Å². The lowest BCUT2D eigenvalue weighted by Gasteiger charge is -2.19. The molecule has 2 aromatic carbocycles. The van der Waals surface area contributed by atoms with Gasteiger partial charge in [-0.15, -0.1) is 0 Å². The quantitative estimate of drug-likeness (QED) is 0.731. The number of aromatic nitrogens is 2. The highest BCUT2D eigenvalue weighted by atomic mass is 35.5. The summed E-state index contributed by atoms with van der Waals surface area (Å²) < 4.78 is 14.4. The van der Waals surface area contributed by atoms with E-state index in [4.69, 9.17) is 23.2 Å². The summed E-state index contributed by atoms with van der Waals surface area (Å²) in [6, 6.07) is 7.52. The first-order chi connectivity index (χ1) is 12.3. The molecule has 0 unspecified atom stereocenters. The third-order valence-electron chi connectivity index (χ3n) is 4.10. The molecule has 0 saturated heterocycles. The summed E-state index contributed by atoms with van der Waals surface area (Å²) in [6.07, 6.45) is 0. The zero-order valence-electron chi connectivity index (χ0n) is 14.1. The van der Waals surface area contributed by atoms with E-state index in [-0.39, 0.29) is 38.1 Å². The van der Waals surface area contributed by atoms with E-state index in [1.54, 1.807) is 19.2 Å². The molecule has 3 rings (SSSR count). The lowest BCUT2D eigenvalue weighted by molar-refractivity contribution is 0.305. The fourth-order valence-corrected chi connectivity index (χ4v) is 3.27. The fourth-order valence-electron chi connectivity index (χ4n) is 2.74. The van der Waals surface area contributed by atoms with Crippen molar-refractivity contribution in [3.63, 3.8) is 0 Å². The monoisotopic (exact) mass is 395 g/mol. The Hall–Kier alpha value is -2.15. The summed E-state index contributed by atoms with van der Waals surface area (Å²) in [5, 5.41) is 10.5. The largest absolute Gasteiger partial charge is 0.504 e. The summed E-state index contributed by atoms with van der Waals surface area (Å²) in [5.74, 6) is -0.119. The van der Waals surface area contributed by atoms with Gasteiger partial charge in [-0.05, 0) is 30.8 Å². The first-order valence-corrected chi connectivity index (χ1v) is 8.53. The van der Waals surface area contributed by atoms with Gasteiger partial charge in [-0.25, -0.2) is 9.37 Å². The molecular formula is C18H16Cl2FN3O2. The maximum Gasteiger partial charge on any atom is 0.262 e. The summed E-state index contributed by atoms with van der Waals surface area (Å²) in [5.41, 5.74) is 0.640. The van der Waals surface area contributed by atoms with Gasteiger partial charge < -0.3 is 5.11 Å². The predicted molar refractivity (Wildman–Crippen MR) is 100 cm³/mol. The Morgan fingerprint density at radius 2 is 1.85 bits per heavy atom. The third kappa shape index (κ3) is 3.53. The van der Waals surface area contributed by atoms with Gasteiger partial charge in [0.1, 0.15) is 17.2 Å². The second-order valence-electron chi connectivity index (χ2n) is 6.10. The van der Waals surface area contributed by atoms with Gasteiger partial charge in [0.25, 0.3) is 5.56 Å². The molecule has 0 spiro atoms. The van der Waals surface area contributed by atoms with E-state index in [0.29, 0.717) is 18.9 Å². The molecule has 1 aromatic heterocycles. The van der Waals surface area contributed by atoms with Crippen molar-refractivity contribution in [2.45, 2.75) is 13.1 Å². The Bertz CT molecular complexity index is 1040. The summed E-state index contributed by atoms with van der Waals surface area (Å²) in [7, 11) is 3.45. The minimum Gasteiger partial charge on any atom is -0.504 e. The Balaban J connectivity index is 1.97. The molecule has 0 amide bonds. The normalized spacial score (nSPS) is 11.5. The molecule has 136 valence electrons. The summed E-state index contributed by atoms with van der Waals surface area (Å²) >= 11 is 12.0. The van der Waals surface area contributed by atoms with Gasteiger partial charge in [-0.3, -0.25) is 14.3 Å². The number of hydrogen-bond donors (Lipinski definition) is 1. The van der Waals surface area contributed by atoms with E-state index in [0.717, 1.165) is 5.56 Å². The van der Waals surface area contributed by atoms with E-state index in [9.17, 15) is 14.3 Å².